The van der Waals surface area contributed by atoms with Crippen LogP contribution in [0.15, 0.2) is 12.1 Å². The van der Waals surface area contributed by atoms with Crippen LogP contribution in [-0.4, -0.2) is 13.0 Å². The third kappa shape index (κ3) is 2.44. The lowest BCUT2D eigenvalue weighted by molar-refractivity contribution is -0.122. The molecule has 0 spiro atoms. The molecule has 1 unspecified atom stereocenters. The topological polar surface area (TPSA) is 90.4 Å². The Bertz CT molecular complexity index is 409. The number of hydrazine groups is 1. The van der Waals surface area contributed by atoms with Gasteiger partial charge in [0.05, 0.1) is 7.11 Å². The molecule has 88 valence electrons. The zero-order valence-corrected chi connectivity index (χ0v) is 9.84. The molecule has 0 radical (unpaired) electrons. The molecule has 1 amide bonds. The van der Waals surface area contributed by atoms with Gasteiger partial charge in [0, 0.05) is 10.6 Å². The molecular formula is C10H14ClN3O2. The average Bonchev–Trinajstić information content (AvgIpc) is 2.30. The van der Waals surface area contributed by atoms with E-state index in [1.807, 2.05) is 12.3 Å². The first-order chi connectivity index (χ1) is 7.51. The van der Waals surface area contributed by atoms with Crippen molar-refractivity contribution in [2.45, 2.75) is 13.0 Å². The molecule has 0 fully saturated rings. The molecule has 1 aromatic carbocycles. The van der Waals surface area contributed by atoms with Crippen LogP contribution in [0.1, 0.15) is 17.2 Å². The summed E-state index contributed by atoms with van der Waals surface area (Å²) in [6, 6.07) is 2.43. The Morgan fingerprint density at radius 1 is 1.56 bits per heavy atom. The quantitative estimate of drug-likeness (QED) is 0.413. The maximum Gasteiger partial charge on any atom is 0.255 e. The van der Waals surface area contributed by atoms with Crippen LogP contribution in [0.5, 0.6) is 5.75 Å². The van der Waals surface area contributed by atoms with Crippen LogP contribution in [0.3, 0.4) is 0 Å². The predicted molar refractivity (Wildman–Crippen MR) is 62.0 cm³/mol. The third-order valence-corrected chi connectivity index (χ3v) is 2.68. The van der Waals surface area contributed by atoms with Crippen LogP contribution in [-0.2, 0) is 4.79 Å². The van der Waals surface area contributed by atoms with E-state index in [2.05, 4.69) is 0 Å². The minimum Gasteiger partial charge on any atom is -0.496 e. The molecular weight excluding hydrogens is 230 g/mol. The first kappa shape index (κ1) is 12.8. The Morgan fingerprint density at radius 2 is 2.19 bits per heavy atom. The number of benzene rings is 1. The van der Waals surface area contributed by atoms with Crippen molar-refractivity contribution in [3.8, 4) is 5.75 Å². The zero-order chi connectivity index (χ0) is 12.3. The molecule has 0 saturated heterocycles. The van der Waals surface area contributed by atoms with Crippen LogP contribution in [0, 0.1) is 6.92 Å². The smallest absolute Gasteiger partial charge is 0.255 e. The van der Waals surface area contributed by atoms with Crippen molar-refractivity contribution in [3.05, 3.63) is 28.3 Å². The summed E-state index contributed by atoms with van der Waals surface area (Å²) in [5.74, 6) is 5.03. The fraction of sp³-hybridized carbons (Fsp3) is 0.300. The Kier molecular flexibility index (Phi) is 4.12. The number of carbonyl (C=O) groups excluding carboxylic acids is 1. The van der Waals surface area contributed by atoms with E-state index in [0.29, 0.717) is 16.3 Å². The lowest BCUT2D eigenvalue weighted by Crippen LogP contribution is -2.38. The maximum atomic E-state index is 11.3. The number of nitrogens with two attached hydrogens (primary N) is 2. The molecule has 6 heteroatoms. The van der Waals surface area contributed by atoms with Crippen LogP contribution in [0.4, 0.5) is 0 Å². The highest BCUT2D eigenvalue weighted by Crippen LogP contribution is 2.30. The van der Waals surface area contributed by atoms with Gasteiger partial charge in [0.25, 0.3) is 5.91 Å². The molecule has 16 heavy (non-hydrogen) atoms. The fourth-order valence-corrected chi connectivity index (χ4v) is 1.49. The number of hydrogen-bond donors (Lipinski definition) is 3. The normalized spacial score (nSPS) is 12.1. The van der Waals surface area contributed by atoms with E-state index < -0.39 is 11.9 Å². The lowest BCUT2D eigenvalue weighted by Gasteiger charge is -2.15. The van der Waals surface area contributed by atoms with Gasteiger partial charge in [-0.05, 0) is 24.6 Å². The SMILES string of the molecule is COc1cc(C)c(Cl)cc1C(N)C(=O)NN. The number of ether oxygens (including phenoxy) is 1. The molecule has 0 heterocycles. The first-order valence-corrected chi connectivity index (χ1v) is 4.99. The van der Waals surface area contributed by atoms with E-state index in [9.17, 15) is 4.79 Å². The molecule has 0 aliphatic heterocycles. The monoisotopic (exact) mass is 243 g/mol. The average molecular weight is 244 g/mol. The number of halogens is 1. The van der Waals surface area contributed by atoms with Gasteiger partial charge in [-0.3, -0.25) is 10.2 Å². The number of carbonyl (C=O) groups is 1. The molecule has 0 aromatic heterocycles. The van der Waals surface area contributed by atoms with E-state index in [4.69, 9.17) is 27.9 Å². The second kappa shape index (κ2) is 5.16. The second-order valence-corrected chi connectivity index (χ2v) is 3.74. The van der Waals surface area contributed by atoms with Crippen molar-refractivity contribution in [1.82, 2.24) is 5.43 Å². The zero-order valence-electron chi connectivity index (χ0n) is 9.08. The van der Waals surface area contributed by atoms with Crippen molar-refractivity contribution in [2.75, 3.05) is 7.11 Å². The van der Waals surface area contributed by atoms with Crippen LogP contribution in [0.2, 0.25) is 5.02 Å². The summed E-state index contributed by atoms with van der Waals surface area (Å²) in [6.07, 6.45) is 0. The van der Waals surface area contributed by atoms with Crippen molar-refractivity contribution in [3.63, 3.8) is 0 Å². The van der Waals surface area contributed by atoms with E-state index in [1.54, 1.807) is 12.1 Å². The van der Waals surface area contributed by atoms with Gasteiger partial charge in [-0.2, -0.15) is 0 Å². The molecule has 1 atom stereocenters. The third-order valence-electron chi connectivity index (χ3n) is 2.27. The van der Waals surface area contributed by atoms with Crippen molar-refractivity contribution >= 4 is 17.5 Å². The highest BCUT2D eigenvalue weighted by molar-refractivity contribution is 6.31. The van der Waals surface area contributed by atoms with Crippen LogP contribution < -0.4 is 21.7 Å². The van der Waals surface area contributed by atoms with Gasteiger partial charge in [0.15, 0.2) is 0 Å². The lowest BCUT2D eigenvalue weighted by atomic mass is 10.0. The van der Waals surface area contributed by atoms with Gasteiger partial charge >= 0.3 is 0 Å². The minimum atomic E-state index is -0.905. The molecule has 1 rings (SSSR count). The second-order valence-electron chi connectivity index (χ2n) is 3.33. The van der Waals surface area contributed by atoms with E-state index in [-0.39, 0.29) is 0 Å². The molecule has 0 aliphatic rings. The number of methoxy groups -OCH3 is 1. The minimum absolute atomic E-state index is 0.501. The highest BCUT2D eigenvalue weighted by atomic mass is 35.5. The Balaban J connectivity index is 3.21. The Morgan fingerprint density at radius 3 is 2.69 bits per heavy atom. The number of amides is 1. The van der Waals surface area contributed by atoms with Gasteiger partial charge in [-0.1, -0.05) is 11.6 Å². The molecule has 5 nitrogen and oxygen atoms in total. The van der Waals surface area contributed by atoms with Crippen molar-refractivity contribution in [2.24, 2.45) is 11.6 Å². The van der Waals surface area contributed by atoms with Crippen molar-refractivity contribution < 1.29 is 9.53 Å². The van der Waals surface area contributed by atoms with Gasteiger partial charge < -0.3 is 10.5 Å². The van der Waals surface area contributed by atoms with Gasteiger partial charge in [-0.25, -0.2) is 5.84 Å². The van der Waals surface area contributed by atoms with Gasteiger partial charge in [0.2, 0.25) is 0 Å². The number of hydrogen-bond acceptors (Lipinski definition) is 4. The molecule has 1 aromatic rings. The van der Waals surface area contributed by atoms with E-state index >= 15 is 0 Å². The number of rotatable bonds is 3. The maximum absolute atomic E-state index is 11.3. The highest BCUT2D eigenvalue weighted by Gasteiger charge is 2.20. The summed E-state index contributed by atoms with van der Waals surface area (Å²) in [5, 5.41) is 0.524. The molecule has 5 N–H and O–H groups in total. The molecule has 0 saturated carbocycles. The van der Waals surface area contributed by atoms with Crippen LogP contribution >= 0.6 is 11.6 Å². The predicted octanol–water partition coefficient (Wildman–Crippen LogP) is 0.647. The number of nitrogens with one attached hydrogen (secondary N) is 1. The summed E-state index contributed by atoms with van der Waals surface area (Å²) in [6.45, 7) is 1.84. The first-order valence-electron chi connectivity index (χ1n) is 4.61. The summed E-state index contributed by atoms with van der Waals surface area (Å²) >= 11 is 5.96. The van der Waals surface area contributed by atoms with E-state index in [1.165, 1.54) is 7.11 Å². The van der Waals surface area contributed by atoms with Crippen LogP contribution in [0.25, 0.3) is 0 Å². The summed E-state index contributed by atoms with van der Waals surface area (Å²) < 4.78 is 5.14. The fourth-order valence-electron chi connectivity index (χ4n) is 1.32. The summed E-state index contributed by atoms with van der Waals surface area (Å²) in [5.41, 5.74) is 9.05. The Labute approximate surface area is 98.7 Å². The Hall–Kier alpha value is -1.30. The standard InChI is InChI=1S/C10H14ClN3O2/c1-5-3-8(16-2)6(4-7(5)11)9(12)10(15)14-13/h3-4,9H,12-13H2,1-2H3,(H,14,15). The van der Waals surface area contributed by atoms with Crippen molar-refractivity contribution in [1.29, 1.82) is 0 Å². The molecule has 0 bridgehead atoms. The molecule has 0 aliphatic carbocycles. The largest absolute Gasteiger partial charge is 0.496 e. The van der Waals surface area contributed by atoms with Gasteiger partial charge in [-0.15, -0.1) is 0 Å². The van der Waals surface area contributed by atoms with Gasteiger partial charge in [0.1, 0.15) is 11.8 Å². The summed E-state index contributed by atoms with van der Waals surface area (Å²) in [7, 11) is 1.50. The number of aryl methyl sites for hydroxylation is 1. The summed E-state index contributed by atoms with van der Waals surface area (Å²) in [4.78, 5) is 11.3. The van der Waals surface area contributed by atoms with E-state index in [0.717, 1.165) is 5.56 Å².